The molecule has 1 saturated heterocycles. The number of barbiturate groups is 1. The van der Waals surface area contributed by atoms with Gasteiger partial charge in [-0.25, -0.2) is 9.69 Å². The summed E-state index contributed by atoms with van der Waals surface area (Å²) >= 11 is 0. The summed E-state index contributed by atoms with van der Waals surface area (Å²) in [6, 6.07) is 43.6. The highest BCUT2D eigenvalue weighted by atomic mass is 16.5. The van der Waals surface area contributed by atoms with Gasteiger partial charge in [0, 0.05) is 30.6 Å². The normalized spacial score (nSPS) is 18.5. The lowest BCUT2D eigenvalue weighted by molar-refractivity contribution is -0.122. The van der Waals surface area contributed by atoms with E-state index in [0.717, 1.165) is 58.3 Å². The van der Waals surface area contributed by atoms with Crippen LogP contribution in [0.25, 0.3) is 16.8 Å². The van der Waals surface area contributed by atoms with Gasteiger partial charge in [0.1, 0.15) is 12.2 Å². The zero-order chi connectivity index (χ0) is 38.2. The standard InChI is InChI=1S/C48H41N3O5/c1-2-55-44-27-31(20-21-43(44)56-30-35-18-11-17-32-16-9-10-19-37(32)35)26-42-46(52)49-48(54)51(47(42)53)36-28-40-38(33-12-5-3-6-13-33)22-24-50-25-23-39(41(29-36)45(40)50)34-14-7-4-8-15-34/h3-21,26-29,38-39H,2,22-25,30H2,1H3,(H,49,52,54)/b42-26+/t38-,39-/m1/s1. The van der Waals surface area contributed by atoms with Crippen molar-refractivity contribution in [3.8, 4) is 11.5 Å². The van der Waals surface area contributed by atoms with Crippen LogP contribution < -0.4 is 24.6 Å². The van der Waals surface area contributed by atoms with Gasteiger partial charge >= 0.3 is 6.03 Å². The summed E-state index contributed by atoms with van der Waals surface area (Å²) in [6.45, 7) is 4.44. The maximum absolute atomic E-state index is 14.5. The summed E-state index contributed by atoms with van der Waals surface area (Å²) in [6.07, 6.45) is 3.32. The third kappa shape index (κ3) is 6.47. The summed E-state index contributed by atoms with van der Waals surface area (Å²) in [7, 11) is 0. The fraction of sp³-hybridized carbons (Fsp3) is 0.188. The van der Waals surface area contributed by atoms with Crippen molar-refractivity contribution in [2.24, 2.45) is 0 Å². The zero-order valence-electron chi connectivity index (χ0n) is 31.1. The molecule has 0 saturated carbocycles. The van der Waals surface area contributed by atoms with E-state index in [0.29, 0.717) is 36.0 Å². The van der Waals surface area contributed by atoms with Crippen LogP contribution in [0, 0.1) is 0 Å². The van der Waals surface area contributed by atoms with E-state index in [4.69, 9.17) is 9.47 Å². The zero-order valence-corrected chi connectivity index (χ0v) is 31.1. The highest BCUT2D eigenvalue weighted by molar-refractivity contribution is 6.39. The average molecular weight is 740 g/mol. The number of benzene rings is 6. The lowest BCUT2D eigenvalue weighted by Crippen LogP contribution is -2.54. The van der Waals surface area contributed by atoms with Gasteiger partial charge in [0.15, 0.2) is 11.5 Å². The SMILES string of the molecule is CCOc1cc(/C=C2\C(=O)NC(=O)N(c3cc4c5c(c3)[C@@H](c3ccccc3)CCN5CC[C@@H]4c3ccccc3)C2=O)ccc1OCc1cccc2ccccc12. The molecular weight excluding hydrogens is 699 g/mol. The maximum Gasteiger partial charge on any atom is 0.335 e. The molecular formula is C48H41N3O5. The number of fused-ring (bicyclic) bond motifs is 1. The minimum Gasteiger partial charge on any atom is -0.490 e. The van der Waals surface area contributed by atoms with Crippen molar-refractivity contribution >= 4 is 46.1 Å². The number of ether oxygens (including phenoxy) is 2. The van der Waals surface area contributed by atoms with E-state index < -0.39 is 17.8 Å². The van der Waals surface area contributed by atoms with E-state index >= 15 is 0 Å². The van der Waals surface area contributed by atoms with Crippen LogP contribution in [-0.4, -0.2) is 37.5 Å². The predicted molar refractivity (Wildman–Crippen MR) is 219 cm³/mol. The number of nitrogens with zero attached hydrogens (tertiary/aromatic N) is 2. The Morgan fingerprint density at radius 1 is 0.696 bits per heavy atom. The van der Waals surface area contributed by atoms with Crippen molar-refractivity contribution in [1.82, 2.24) is 5.32 Å². The fourth-order valence-electron chi connectivity index (χ4n) is 8.60. The molecule has 0 aromatic heterocycles. The number of carbonyl (C=O) groups is 3. The largest absolute Gasteiger partial charge is 0.490 e. The van der Waals surface area contributed by atoms with Crippen LogP contribution in [0.2, 0.25) is 0 Å². The van der Waals surface area contributed by atoms with Crippen LogP contribution in [0.5, 0.6) is 11.5 Å². The third-order valence-electron chi connectivity index (χ3n) is 11.2. The number of nitrogens with one attached hydrogen (secondary N) is 1. The summed E-state index contributed by atoms with van der Waals surface area (Å²) < 4.78 is 12.3. The van der Waals surface area contributed by atoms with Gasteiger partial charge in [-0.15, -0.1) is 0 Å². The Morgan fingerprint density at radius 2 is 1.34 bits per heavy atom. The van der Waals surface area contributed by atoms with Crippen molar-refractivity contribution in [2.75, 3.05) is 29.5 Å². The van der Waals surface area contributed by atoms with E-state index in [-0.39, 0.29) is 17.4 Å². The maximum atomic E-state index is 14.5. The highest BCUT2D eigenvalue weighted by Crippen LogP contribution is 2.50. The topological polar surface area (TPSA) is 88.2 Å². The molecule has 1 fully saturated rings. The van der Waals surface area contributed by atoms with Gasteiger partial charge < -0.3 is 14.4 Å². The fourth-order valence-corrected chi connectivity index (χ4v) is 8.60. The third-order valence-corrected chi connectivity index (χ3v) is 11.2. The molecule has 8 nitrogen and oxygen atoms in total. The first kappa shape index (κ1) is 35.1. The van der Waals surface area contributed by atoms with Crippen molar-refractivity contribution in [3.05, 3.63) is 172 Å². The summed E-state index contributed by atoms with van der Waals surface area (Å²) in [5.41, 5.74) is 7.61. The molecule has 278 valence electrons. The van der Waals surface area contributed by atoms with Crippen LogP contribution in [-0.2, 0) is 16.2 Å². The first-order valence-corrected chi connectivity index (χ1v) is 19.3. The second-order valence-corrected chi connectivity index (χ2v) is 14.5. The quantitative estimate of drug-likeness (QED) is 0.118. The Hall–Kier alpha value is -6.67. The van der Waals surface area contributed by atoms with Crippen molar-refractivity contribution < 1.29 is 23.9 Å². The number of hydrogen-bond donors (Lipinski definition) is 1. The van der Waals surface area contributed by atoms with Crippen LogP contribution in [0.15, 0.2) is 139 Å². The molecule has 3 aliphatic rings. The molecule has 2 atom stereocenters. The monoisotopic (exact) mass is 739 g/mol. The van der Waals surface area contributed by atoms with Crippen LogP contribution in [0.1, 0.15) is 65.0 Å². The molecule has 6 aromatic carbocycles. The second-order valence-electron chi connectivity index (χ2n) is 14.5. The Balaban J connectivity index is 1.08. The predicted octanol–water partition coefficient (Wildman–Crippen LogP) is 9.36. The first-order chi connectivity index (χ1) is 27.5. The lowest BCUT2D eigenvalue weighted by atomic mass is 9.76. The Kier molecular flexibility index (Phi) is 9.31. The molecule has 0 spiro atoms. The number of anilines is 2. The summed E-state index contributed by atoms with van der Waals surface area (Å²) in [4.78, 5) is 45.2. The van der Waals surface area contributed by atoms with Gasteiger partial charge in [-0.05, 0) is 94.3 Å². The molecule has 0 bridgehead atoms. The summed E-state index contributed by atoms with van der Waals surface area (Å²) in [5.74, 6) is -0.259. The molecule has 56 heavy (non-hydrogen) atoms. The highest BCUT2D eigenvalue weighted by Gasteiger charge is 2.40. The molecule has 6 aromatic rings. The Bertz CT molecular complexity index is 2440. The number of hydrogen-bond acceptors (Lipinski definition) is 6. The average Bonchev–Trinajstić information content (AvgIpc) is 3.23. The summed E-state index contributed by atoms with van der Waals surface area (Å²) in [5, 5.41) is 4.70. The van der Waals surface area contributed by atoms with Crippen LogP contribution in [0.4, 0.5) is 16.2 Å². The number of carbonyl (C=O) groups excluding carboxylic acids is 3. The number of rotatable bonds is 9. The first-order valence-electron chi connectivity index (χ1n) is 19.3. The number of amides is 4. The van der Waals surface area contributed by atoms with Crippen LogP contribution >= 0.6 is 0 Å². The van der Waals surface area contributed by atoms with E-state index in [1.165, 1.54) is 22.9 Å². The molecule has 0 unspecified atom stereocenters. The Morgan fingerprint density at radius 3 is 2.02 bits per heavy atom. The van der Waals surface area contributed by atoms with E-state index in [2.05, 4.69) is 76.9 Å². The van der Waals surface area contributed by atoms with Gasteiger partial charge in [0.05, 0.1) is 12.3 Å². The number of urea groups is 1. The Labute approximate surface area is 326 Å². The van der Waals surface area contributed by atoms with Crippen molar-refractivity contribution in [3.63, 3.8) is 0 Å². The van der Waals surface area contributed by atoms with E-state index in [9.17, 15) is 14.4 Å². The second kappa shape index (κ2) is 14.9. The van der Waals surface area contributed by atoms with Crippen LogP contribution in [0.3, 0.4) is 0 Å². The van der Waals surface area contributed by atoms with Gasteiger partial charge in [0.25, 0.3) is 11.8 Å². The molecule has 8 heteroatoms. The van der Waals surface area contributed by atoms with E-state index in [1.54, 1.807) is 18.2 Å². The van der Waals surface area contributed by atoms with Gasteiger partial charge in [-0.1, -0.05) is 109 Å². The minimum absolute atomic E-state index is 0.0774. The van der Waals surface area contributed by atoms with Crippen molar-refractivity contribution in [2.45, 2.75) is 38.2 Å². The molecule has 3 aliphatic heterocycles. The van der Waals surface area contributed by atoms with Gasteiger partial charge in [-0.2, -0.15) is 0 Å². The smallest absolute Gasteiger partial charge is 0.335 e. The molecule has 3 heterocycles. The van der Waals surface area contributed by atoms with E-state index in [1.807, 2.05) is 55.5 Å². The number of imide groups is 2. The molecule has 0 radical (unpaired) electrons. The van der Waals surface area contributed by atoms with Crippen molar-refractivity contribution in [1.29, 1.82) is 0 Å². The van der Waals surface area contributed by atoms with Gasteiger partial charge in [0.2, 0.25) is 0 Å². The lowest BCUT2D eigenvalue weighted by Gasteiger charge is -2.44. The molecule has 0 aliphatic carbocycles. The minimum atomic E-state index is -0.771. The molecule has 1 N–H and O–H groups in total. The molecule has 4 amide bonds. The van der Waals surface area contributed by atoms with Gasteiger partial charge in [-0.3, -0.25) is 14.9 Å². The molecule has 9 rings (SSSR count).